The molecule has 0 bridgehead atoms. The lowest BCUT2D eigenvalue weighted by Gasteiger charge is -2.04. The number of unbranched alkanes of at least 4 members (excludes halogenated alkanes) is 9. The minimum absolute atomic E-state index is 0.767. The van der Waals surface area contributed by atoms with Crippen molar-refractivity contribution >= 4 is 81.8 Å². The van der Waals surface area contributed by atoms with Gasteiger partial charge in [0.15, 0.2) is 17.5 Å². The average molecular weight is 817 g/mol. The maximum Gasteiger partial charge on any atom is 0.174 e. The molecular weight excluding hydrogens is 774 g/mol. The summed E-state index contributed by atoms with van der Waals surface area (Å²) in [6.45, 7) is 6.78. The van der Waals surface area contributed by atoms with Crippen molar-refractivity contribution < 1.29 is 0 Å². The first kappa shape index (κ1) is 34.4. The van der Waals surface area contributed by atoms with E-state index in [4.69, 9.17) is 15.0 Å². The Morgan fingerprint density at radius 1 is 0.452 bits per heavy atom. The largest absolute Gasteiger partial charge is 0.206 e. The van der Waals surface area contributed by atoms with E-state index in [1.807, 2.05) is 0 Å². The summed E-state index contributed by atoms with van der Waals surface area (Å²) in [6, 6.07) is 6.86. The van der Waals surface area contributed by atoms with Gasteiger partial charge in [0.25, 0.3) is 0 Å². The van der Waals surface area contributed by atoms with E-state index in [0.717, 1.165) is 51.4 Å². The third-order valence-corrected chi connectivity index (χ3v) is 13.3. The quantitative estimate of drug-likeness (QED) is 0.0939. The Labute approximate surface area is 289 Å². The highest BCUT2D eigenvalue weighted by Gasteiger charge is 2.20. The Morgan fingerprint density at radius 2 is 0.738 bits per heavy atom. The van der Waals surface area contributed by atoms with Crippen LogP contribution >= 0.6 is 81.8 Å². The minimum atomic E-state index is 0.767. The van der Waals surface area contributed by atoms with Crippen LogP contribution in [0.1, 0.15) is 115 Å². The molecule has 0 aliphatic carbocycles. The monoisotopic (exact) mass is 813 g/mol. The maximum absolute atomic E-state index is 5.08. The lowest BCUT2D eigenvalue weighted by Crippen LogP contribution is -1.97. The zero-order valence-electron chi connectivity index (χ0n) is 25.0. The number of halogens is 3. The molecule has 4 rings (SSSR count). The van der Waals surface area contributed by atoms with Crippen LogP contribution in [0.2, 0.25) is 0 Å². The molecule has 0 amide bonds. The van der Waals surface area contributed by atoms with Gasteiger partial charge in [0.2, 0.25) is 0 Å². The van der Waals surface area contributed by atoms with Crippen molar-refractivity contribution in [1.82, 2.24) is 15.0 Å². The Balaban J connectivity index is 1.67. The smallest absolute Gasteiger partial charge is 0.174 e. The molecular formula is C33H42Br3N3S3. The van der Waals surface area contributed by atoms with Crippen molar-refractivity contribution in [2.45, 2.75) is 117 Å². The lowest BCUT2D eigenvalue weighted by atomic mass is 10.1. The molecule has 42 heavy (non-hydrogen) atoms. The van der Waals surface area contributed by atoms with E-state index in [0.29, 0.717) is 0 Å². The zero-order valence-corrected chi connectivity index (χ0v) is 32.2. The Hall–Kier alpha value is -0.450. The van der Waals surface area contributed by atoms with Crippen molar-refractivity contribution in [3.05, 3.63) is 46.2 Å². The van der Waals surface area contributed by atoms with Gasteiger partial charge in [-0.2, -0.15) is 0 Å². The number of aryl methyl sites for hydroxylation is 3. The fourth-order valence-electron chi connectivity index (χ4n) is 4.99. The summed E-state index contributed by atoms with van der Waals surface area (Å²) in [5.74, 6) is 2.30. The van der Waals surface area contributed by atoms with Gasteiger partial charge >= 0.3 is 0 Å². The molecule has 0 unspecified atom stereocenters. The number of thiophene rings is 3. The van der Waals surface area contributed by atoms with E-state index in [1.54, 1.807) is 34.0 Å². The second-order valence-corrected chi connectivity index (χ2v) is 18.1. The molecule has 228 valence electrons. The minimum Gasteiger partial charge on any atom is -0.206 e. The van der Waals surface area contributed by atoms with Gasteiger partial charge in [0.05, 0.1) is 26.0 Å². The highest BCUT2D eigenvalue weighted by molar-refractivity contribution is 9.11. The van der Waals surface area contributed by atoms with Crippen LogP contribution in [0.5, 0.6) is 0 Å². The molecule has 0 saturated heterocycles. The van der Waals surface area contributed by atoms with E-state index in [2.05, 4.69) is 86.8 Å². The van der Waals surface area contributed by atoms with Gasteiger partial charge in [-0.25, -0.2) is 15.0 Å². The maximum atomic E-state index is 5.08. The van der Waals surface area contributed by atoms with Crippen molar-refractivity contribution in [2.75, 3.05) is 0 Å². The van der Waals surface area contributed by atoms with Crippen LogP contribution in [0.3, 0.4) is 0 Å². The van der Waals surface area contributed by atoms with Crippen LogP contribution in [0, 0.1) is 0 Å². The molecule has 3 nitrogen and oxygen atoms in total. The van der Waals surface area contributed by atoms with Crippen molar-refractivity contribution in [1.29, 1.82) is 0 Å². The second-order valence-electron chi connectivity index (χ2n) is 11.0. The molecule has 0 aliphatic heterocycles. The third-order valence-electron chi connectivity index (χ3n) is 7.47. The molecule has 0 aliphatic rings. The summed E-state index contributed by atoms with van der Waals surface area (Å²) in [5, 5.41) is 0. The molecule has 0 fully saturated rings. The summed E-state index contributed by atoms with van der Waals surface area (Å²) in [6.07, 6.45) is 18.4. The number of hydrogen-bond donors (Lipinski definition) is 0. The molecule has 4 aromatic heterocycles. The summed E-state index contributed by atoms with van der Waals surface area (Å²) >= 11 is 16.8. The van der Waals surface area contributed by atoms with E-state index in [9.17, 15) is 0 Å². The fraction of sp³-hybridized carbons (Fsp3) is 0.545. The van der Waals surface area contributed by atoms with E-state index >= 15 is 0 Å². The topological polar surface area (TPSA) is 38.7 Å². The molecule has 0 spiro atoms. The number of aromatic nitrogens is 3. The Kier molecular flexibility index (Phi) is 14.7. The Bertz CT molecular complexity index is 1230. The van der Waals surface area contributed by atoms with Gasteiger partial charge in [0, 0.05) is 0 Å². The molecule has 4 heterocycles. The standard InChI is InChI=1S/C33H42Br3N3S3/c1-4-7-10-13-16-22-19-25(40-28(22)34)31-37-32(26-20-23(29(35)41-26)17-14-11-8-5-2)39-33(38-31)27-21-24(30(36)42-27)18-15-12-9-6-3/h19-21H,4-18H2,1-3H3. The van der Waals surface area contributed by atoms with Gasteiger partial charge in [-0.15, -0.1) is 34.0 Å². The van der Waals surface area contributed by atoms with Gasteiger partial charge < -0.3 is 0 Å². The average Bonchev–Trinajstić information content (AvgIpc) is 3.67. The van der Waals surface area contributed by atoms with Gasteiger partial charge in [0.1, 0.15) is 0 Å². The van der Waals surface area contributed by atoms with E-state index in [-0.39, 0.29) is 0 Å². The summed E-state index contributed by atoms with van der Waals surface area (Å²) < 4.78 is 3.58. The SMILES string of the molecule is CCCCCCc1cc(-c2nc(-c3cc(CCCCCC)c(Br)s3)nc(-c3cc(CCCCCC)c(Br)s3)n2)sc1Br. The molecule has 9 heteroatoms. The van der Waals surface area contributed by atoms with Crippen LogP contribution < -0.4 is 0 Å². The first-order valence-electron chi connectivity index (χ1n) is 15.5. The highest BCUT2D eigenvalue weighted by Crippen LogP contribution is 2.40. The van der Waals surface area contributed by atoms with E-state index in [1.165, 1.54) is 105 Å². The van der Waals surface area contributed by atoms with E-state index < -0.39 is 0 Å². The summed E-state index contributed by atoms with van der Waals surface area (Å²) in [7, 11) is 0. The van der Waals surface area contributed by atoms with Crippen LogP contribution in [-0.2, 0) is 19.3 Å². The molecule has 0 atom stereocenters. The Morgan fingerprint density at radius 3 is 1.00 bits per heavy atom. The van der Waals surface area contributed by atoms with Crippen molar-refractivity contribution in [2.24, 2.45) is 0 Å². The van der Waals surface area contributed by atoms with Crippen LogP contribution in [0.25, 0.3) is 32.1 Å². The number of nitrogens with zero attached hydrogens (tertiary/aromatic N) is 3. The number of hydrogen-bond acceptors (Lipinski definition) is 6. The highest BCUT2D eigenvalue weighted by atomic mass is 79.9. The molecule has 0 saturated carbocycles. The second kappa shape index (κ2) is 17.9. The lowest BCUT2D eigenvalue weighted by molar-refractivity contribution is 0.667. The normalized spacial score (nSPS) is 11.6. The van der Waals surface area contributed by atoms with Crippen molar-refractivity contribution in [3.63, 3.8) is 0 Å². The first-order chi connectivity index (χ1) is 20.4. The molecule has 0 radical (unpaired) electrons. The van der Waals surface area contributed by atoms with Gasteiger partial charge in [-0.3, -0.25) is 0 Å². The number of rotatable bonds is 18. The summed E-state index contributed by atoms with van der Waals surface area (Å²) in [4.78, 5) is 18.5. The van der Waals surface area contributed by atoms with Crippen LogP contribution in [-0.4, -0.2) is 15.0 Å². The first-order valence-corrected chi connectivity index (χ1v) is 20.4. The molecule has 0 N–H and O–H groups in total. The predicted molar refractivity (Wildman–Crippen MR) is 196 cm³/mol. The molecule has 0 aromatic carbocycles. The summed E-state index contributed by atoms with van der Waals surface area (Å²) in [5.41, 5.74) is 4.07. The predicted octanol–water partition coefficient (Wildman–Crippen LogP) is 13.7. The van der Waals surface area contributed by atoms with Crippen LogP contribution in [0.4, 0.5) is 0 Å². The van der Waals surface area contributed by atoms with Crippen molar-refractivity contribution in [3.8, 4) is 32.1 Å². The van der Waals surface area contributed by atoms with Crippen LogP contribution in [0.15, 0.2) is 29.6 Å². The molecule has 4 aromatic rings. The fourth-order valence-corrected chi connectivity index (χ4v) is 10.1. The third kappa shape index (κ3) is 9.77. The van der Waals surface area contributed by atoms with Gasteiger partial charge in [-0.05, 0) is 121 Å². The zero-order chi connectivity index (χ0) is 29.9. The van der Waals surface area contributed by atoms with Gasteiger partial charge in [-0.1, -0.05) is 78.6 Å².